The number of para-hydroxylation sites is 1. The van der Waals surface area contributed by atoms with E-state index in [1.165, 1.54) is 0 Å². The molecular formula is C17H28N4O2. The zero-order chi connectivity index (χ0) is 17.0. The van der Waals surface area contributed by atoms with Gasteiger partial charge in [-0.25, -0.2) is 4.79 Å². The molecule has 1 aromatic carbocycles. The van der Waals surface area contributed by atoms with Crippen LogP contribution >= 0.6 is 0 Å². The van der Waals surface area contributed by atoms with Gasteiger partial charge >= 0.3 is 6.09 Å². The third kappa shape index (κ3) is 4.84. The van der Waals surface area contributed by atoms with Crippen LogP contribution in [0.2, 0.25) is 0 Å². The fraction of sp³-hybridized carbons (Fsp3) is 0.588. The third-order valence-electron chi connectivity index (χ3n) is 3.96. The molecule has 1 aromatic rings. The van der Waals surface area contributed by atoms with E-state index >= 15 is 0 Å². The van der Waals surface area contributed by atoms with Crippen LogP contribution in [-0.2, 0) is 4.74 Å². The van der Waals surface area contributed by atoms with E-state index in [9.17, 15) is 4.79 Å². The summed E-state index contributed by atoms with van der Waals surface area (Å²) in [5.74, 6) is 0. The highest BCUT2D eigenvalue weighted by molar-refractivity contribution is 5.68. The summed E-state index contributed by atoms with van der Waals surface area (Å²) in [7, 11) is 0. The van der Waals surface area contributed by atoms with Crippen LogP contribution in [0.15, 0.2) is 24.3 Å². The number of likely N-dealkylation sites (tertiary alicyclic amines) is 1. The minimum Gasteiger partial charge on any atom is -0.444 e. The second-order valence-corrected chi connectivity index (χ2v) is 7.01. The van der Waals surface area contributed by atoms with E-state index < -0.39 is 5.60 Å². The molecule has 0 spiro atoms. The quantitative estimate of drug-likeness (QED) is 0.736. The van der Waals surface area contributed by atoms with Crippen molar-refractivity contribution in [2.75, 3.05) is 25.4 Å². The molecule has 5 N–H and O–H groups in total. The molecule has 1 saturated heterocycles. The van der Waals surface area contributed by atoms with Crippen molar-refractivity contribution < 1.29 is 9.53 Å². The molecule has 1 heterocycles. The highest BCUT2D eigenvalue weighted by Gasteiger charge is 2.31. The van der Waals surface area contributed by atoms with Crippen molar-refractivity contribution in [1.29, 1.82) is 0 Å². The number of carbonyl (C=O) groups excluding carboxylic acids is 1. The lowest BCUT2D eigenvalue weighted by atomic mass is 10.0. The summed E-state index contributed by atoms with van der Waals surface area (Å²) < 4.78 is 5.31. The molecule has 0 bridgehead atoms. The van der Waals surface area contributed by atoms with Crippen molar-refractivity contribution in [1.82, 2.24) is 10.2 Å². The van der Waals surface area contributed by atoms with Gasteiger partial charge in [0, 0.05) is 37.4 Å². The van der Waals surface area contributed by atoms with Crippen LogP contribution in [0.25, 0.3) is 0 Å². The maximum atomic E-state index is 11.9. The lowest BCUT2D eigenvalue weighted by molar-refractivity contribution is 0.0504. The Labute approximate surface area is 138 Å². The zero-order valence-corrected chi connectivity index (χ0v) is 14.2. The van der Waals surface area contributed by atoms with Crippen LogP contribution < -0.4 is 16.8 Å². The number of rotatable bonds is 4. The molecule has 0 aromatic heterocycles. The first-order chi connectivity index (χ1) is 10.8. The smallest absolute Gasteiger partial charge is 0.407 e. The van der Waals surface area contributed by atoms with E-state index in [4.69, 9.17) is 16.2 Å². The third-order valence-corrected chi connectivity index (χ3v) is 3.96. The molecule has 1 aliphatic rings. The Kier molecular flexibility index (Phi) is 5.49. The average Bonchev–Trinajstić information content (AvgIpc) is 2.87. The Hall–Kier alpha value is -1.79. The van der Waals surface area contributed by atoms with Gasteiger partial charge in [0.2, 0.25) is 0 Å². The highest BCUT2D eigenvalue weighted by atomic mass is 16.6. The Morgan fingerprint density at radius 3 is 2.74 bits per heavy atom. The Morgan fingerprint density at radius 1 is 1.43 bits per heavy atom. The molecule has 0 saturated carbocycles. The lowest BCUT2D eigenvalue weighted by Crippen LogP contribution is -2.41. The zero-order valence-electron chi connectivity index (χ0n) is 14.2. The summed E-state index contributed by atoms with van der Waals surface area (Å²) in [6.07, 6.45) is 0.510. The summed E-state index contributed by atoms with van der Waals surface area (Å²) in [5.41, 5.74) is 13.4. The fourth-order valence-electron chi connectivity index (χ4n) is 2.95. The Bertz CT molecular complexity index is 542. The predicted molar refractivity (Wildman–Crippen MR) is 92.0 cm³/mol. The number of carbonyl (C=O) groups is 1. The molecule has 1 fully saturated rings. The summed E-state index contributed by atoms with van der Waals surface area (Å²) in [5, 5.41) is 2.94. The Balaban J connectivity index is 1.96. The number of nitrogens with one attached hydrogen (secondary N) is 1. The van der Waals surface area contributed by atoms with E-state index in [2.05, 4.69) is 10.2 Å². The molecule has 0 aliphatic carbocycles. The van der Waals surface area contributed by atoms with Crippen molar-refractivity contribution in [3.05, 3.63) is 29.8 Å². The number of hydrogen-bond acceptors (Lipinski definition) is 5. The molecule has 6 nitrogen and oxygen atoms in total. The van der Waals surface area contributed by atoms with Crippen LogP contribution in [0.5, 0.6) is 0 Å². The SMILES string of the molecule is CC(C)(C)OC(=O)N[C@H]1CCN([C@@H](CN)c2ccccc2N)C1. The minimum atomic E-state index is -0.485. The van der Waals surface area contributed by atoms with E-state index in [0.717, 1.165) is 30.8 Å². The van der Waals surface area contributed by atoms with Crippen LogP contribution in [0.4, 0.5) is 10.5 Å². The van der Waals surface area contributed by atoms with Crippen molar-refractivity contribution >= 4 is 11.8 Å². The van der Waals surface area contributed by atoms with E-state index in [1.54, 1.807) is 0 Å². The minimum absolute atomic E-state index is 0.0710. The summed E-state index contributed by atoms with van der Waals surface area (Å²) in [6, 6.07) is 7.95. The van der Waals surface area contributed by atoms with Gasteiger partial charge in [-0.1, -0.05) is 18.2 Å². The number of benzene rings is 1. The topological polar surface area (TPSA) is 93.6 Å². The van der Waals surface area contributed by atoms with Crippen molar-refractivity contribution in [2.24, 2.45) is 5.73 Å². The van der Waals surface area contributed by atoms with Crippen molar-refractivity contribution in [3.63, 3.8) is 0 Å². The monoisotopic (exact) mass is 320 g/mol. The number of hydrogen-bond donors (Lipinski definition) is 3. The molecule has 0 unspecified atom stereocenters. The van der Waals surface area contributed by atoms with Crippen molar-refractivity contribution in [3.8, 4) is 0 Å². The van der Waals surface area contributed by atoms with E-state index in [1.807, 2.05) is 45.0 Å². The molecule has 128 valence electrons. The Morgan fingerprint density at radius 2 is 2.13 bits per heavy atom. The fourth-order valence-corrected chi connectivity index (χ4v) is 2.95. The number of nitrogen functional groups attached to an aromatic ring is 1. The maximum Gasteiger partial charge on any atom is 0.407 e. The van der Waals surface area contributed by atoms with Gasteiger partial charge in [-0.15, -0.1) is 0 Å². The first kappa shape index (κ1) is 17.6. The second kappa shape index (κ2) is 7.19. The summed E-state index contributed by atoms with van der Waals surface area (Å²) in [4.78, 5) is 14.2. The van der Waals surface area contributed by atoms with Gasteiger partial charge in [-0.3, -0.25) is 4.90 Å². The number of ether oxygens (including phenoxy) is 1. The lowest BCUT2D eigenvalue weighted by Gasteiger charge is -2.28. The molecule has 6 heteroatoms. The predicted octanol–water partition coefficient (Wildman–Crippen LogP) is 1.87. The molecule has 2 atom stereocenters. The number of anilines is 1. The van der Waals surface area contributed by atoms with Gasteiger partial charge in [-0.2, -0.15) is 0 Å². The molecule has 23 heavy (non-hydrogen) atoms. The largest absolute Gasteiger partial charge is 0.444 e. The normalized spacial score (nSPS) is 20.3. The highest BCUT2D eigenvalue weighted by Crippen LogP contribution is 2.28. The first-order valence-corrected chi connectivity index (χ1v) is 8.08. The maximum absolute atomic E-state index is 11.9. The van der Waals surface area contributed by atoms with Gasteiger partial charge < -0.3 is 21.5 Å². The molecular weight excluding hydrogens is 292 g/mol. The average molecular weight is 320 g/mol. The summed E-state index contributed by atoms with van der Waals surface area (Å²) >= 11 is 0. The van der Waals surface area contributed by atoms with E-state index in [0.29, 0.717) is 6.54 Å². The molecule has 1 amide bonds. The van der Waals surface area contributed by atoms with Crippen molar-refractivity contribution in [2.45, 2.75) is 44.9 Å². The standard InChI is InChI=1S/C17H28N4O2/c1-17(2,3)23-16(22)20-12-8-9-21(11-12)15(10-18)13-6-4-5-7-14(13)19/h4-7,12,15H,8-11,18-19H2,1-3H3,(H,20,22)/t12-,15-/m0/s1. The number of nitrogens with zero attached hydrogens (tertiary/aromatic N) is 1. The first-order valence-electron chi connectivity index (χ1n) is 8.08. The second-order valence-electron chi connectivity index (χ2n) is 7.01. The van der Waals surface area contributed by atoms with Gasteiger partial charge in [0.1, 0.15) is 5.60 Å². The van der Waals surface area contributed by atoms with Gasteiger partial charge in [-0.05, 0) is 38.8 Å². The van der Waals surface area contributed by atoms with Gasteiger partial charge in [0.25, 0.3) is 0 Å². The number of alkyl carbamates (subject to hydrolysis) is 1. The van der Waals surface area contributed by atoms with Gasteiger partial charge in [0.05, 0.1) is 0 Å². The number of amides is 1. The van der Waals surface area contributed by atoms with Crippen LogP contribution in [0.1, 0.15) is 38.8 Å². The van der Waals surface area contributed by atoms with Gasteiger partial charge in [0.15, 0.2) is 0 Å². The molecule has 1 aliphatic heterocycles. The number of nitrogens with two attached hydrogens (primary N) is 2. The van der Waals surface area contributed by atoms with Crippen LogP contribution in [0.3, 0.4) is 0 Å². The van der Waals surface area contributed by atoms with Crippen LogP contribution in [0, 0.1) is 0 Å². The molecule has 0 radical (unpaired) electrons. The summed E-state index contributed by atoms with van der Waals surface area (Å²) in [6.45, 7) is 7.68. The van der Waals surface area contributed by atoms with Crippen LogP contribution in [-0.4, -0.2) is 42.3 Å². The van der Waals surface area contributed by atoms with E-state index in [-0.39, 0.29) is 18.2 Å². The molecule has 2 rings (SSSR count).